The number of likely N-dealkylation sites (tertiary alicyclic amines) is 1. The van der Waals surface area contributed by atoms with E-state index in [0.29, 0.717) is 38.4 Å². The van der Waals surface area contributed by atoms with Gasteiger partial charge >= 0.3 is 0 Å². The molecular weight excluding hydrogens is 579 g/mol. The molecule has 216 valence electrons. The molecule has 1 aromatic heterocycles. The van der Waals surface area contributed by atoms with Crippen LogP contribution in [0.1, 0.15) is 57.2 Å². The lowest BCUT2D eigenvalue weighted by Gasteiger charge is -2.35. The van der Waals surface area contributed by atoms with Crippen LogP contribution in [0.4, 0.5) is 4.39 Å². The molecule has 1 amide bonds. The lowest BCUT2D eigenvalue weighted by Crippen LogP contribution is -2.52. The van der Waals surface area contributed by atoms with Crippen LogP contribution < -0.4 is 5.32 Å². The number of nitrogens with zero attached hydrogens (tertiary/aromatic N) is 3. The van der Waals surface area contributed by atoms with Gasteiger partial charge in [0.1, 0.15) is 28.8 Å². The van der Waals surface area contributed by atoms with Gasteiger partial charge in [0.15, 0.2) is 0 Å². The molecule has 1 aliphatic rings. The van der Waals surface area contributed by atoms with Crippen molar-refractivity contribution >= 4 is 35.7 Å². The molecule has 0 spiro atoms. The quantitative estimate of drug-likeness (QED) is 0.173. The SMILES string of the molecule is CCC(=O)CCCCC[C@H](NC(=O)C1CN(C)C1)c1nc(-c2ccc(F)cc2)n(COCC[Si](C)(C)C)c1Br. The summed E-state index contributed by atoms with van der Waals surface area (Å²) in [5, 5.41) is 3.26. The molecule has 39 heavy (non-hydrogen) atoms. The van der Waals surface area contributed by atoms with Crippen molar-refractivity contribution in [2.24, 2.45) is 5.92 Å². The predicted molar refractivity (Wildman–Crippen MR) is 160 cm³/mol. The van der Waals surface area contributed by atoms with Crippen molar-refractivity contribution in [3.63, 3.8) is 0 Å². The minimum Gasteiger partial charge on any atom is -0.361 e. The van der Waals surface area contributed by atoms with Crippen molar-refractivity contribution in [1.29, 1.82) is 0 Å². The van der Waals surface area contributed by atoms with E-state index in [9.17, 15) is 14.0 Å². The number of carbonyl (C=O) groups excluding carboxylic acids is 2. The van der Waals surface area contributed by atoms with Gasteiger partial charge in [-0.05, 0) is 66.1 Å². The van der Waals surface area contributed by atoms with Crippen LogP contribution in [0.5, 0.6) is 0 Å². The summed E-state index contributed by atoms with van der Waals surface area (Å²) in [4.78, 5) is 31.9. The van der Waals surface area contributed by atoms with Gasteiger partial charge in [0.25, 0.3) is 0 Å². The first-order valence-corrected chi connectivity index (χ1v) is 18.6. The van der Waals surface area contributed by atoms with Gasteiger partial charge in [0.2, 0.25) is 5.91 Å². The smallest absolute Gasteiger partial charge is 0.226 e. The van der Waals surface area contributed by atoms with Crippen molar-refractivity contribution < 1.29 is 18.7 Å². The van der Waals surface area contributed by atoms with Crippen LogP contribution in [0, 0.1) is 11.7 Å². The van der Waals surface area contributed by atoms with Crippen LogP contribution in [-0.4, -0.2) is 61.0 Å². The highest BCUT2D eigenvalue weighted by molar-refractivity contribution is 9.10. The molecule has 1 aromatic carbocycles. The summed E-state index contributed by atoms with van der Waals surface area (Å²) in [5.41, 5.74) is 1.52. The molecule has 10 heteroatoms. The second-order valence-corrected chi connectivity index (χ2v) is 18.2. The molecule has 0 aliphatic carbocycles. The fourth-order valence-corrected chi connectivity index (χ4v) is 5.99. The van der Waals surface area contributed by atoms with E-state index in [2.05, 4.69) is 45.8 Å². The Kier molecular flexibility index (Phi) is 11.9. The lowest BCUT2D eigenvalue weighted by molar-refractivity contribution is -0.130. The fourth-order valence-electron chi connectivity index (χ4n) is 4.60. The molecule has 0 bridgehead atoms. The van der Waals surface area contributed by atoms with Gasteiger partial charge in [-0.3, -0.25) is 14.2 Å². The van der Waals surface area contributed by atoms with Crippen LogP contribution >= 0.6 is 15.9 Å². The van der Waals surface area contributed by atoms with Crippen molar-refractivity contribution in [1.82, 2.24) is 19.8 Å². The molecule has 0 radical (unpaired) electrons. The van der Waals surface area contributed by atoms with E-state index < -0.39 is 8.07 Å². The Balaban J connectivity index is 1.84. The third-order valence-electron chi connectivity index (χ3n) is 7.17. The number of aromatic nitrogens is 2. The Morgan fingerprint density at radius 1 is 1.18 bits per heavy atom. The van der Waals surface area contributed by atoms with E-state index in [4.69, 9.17) is 9.72 Å². The summed E-state index contributed by atoms with van der Waals surface area (Å²) in [6, 6.07) is 7.05. The maximum atomic E-state index is 13.7. The topological polar surface area (TPSA) is 76.5 Å². The first-order valence-electron chi connectivity index (χ1n) is 14.1. The molecule has 1 aliphatic heterocycles. The Morgan fingerprint density at radius 2 is 1.87 bits per heavy atom. The first kappa shape index (κ1) is 31.6. The molecule has 1 fully saturated rings. The lowest BCUT2D eigenvalue weighted by atomic mass is 9.98. The largest absolute Gasteiger partial charge is 0.361 e. The Bertz CT molecular complexity index is 1100. The second-order valence-electron chi connectivity index (χ2n) is 11.9. The van der Waals surface area contributed by atoms with Gasteiger partial charge in [-0.2, -0.15) is 0 Å². The number of hydrogen-bond donors (Lipinski definition) is 1. The number of imidazole rings is 1. The van der Waals surface area contributed by atoms with Crippen LogP contribution in [-0.2, 0) is 21.1 Å². The predicted octanol–water partition coefficient (Wildman–Crippen LogP) is 6.41. The van der Waals surface area contributed by atoms with Crippen LogP contribution in [0.3, 0.4) is 0 Å². The van der Waals surface area contributed by atoms with E-state index in [1.54, 1.807) is 12.1 Å². The van der Waals surface area contributed by atoms with E-state index in [0.717, 1.165) is 54.3 Å². The maximum absolute atomic E-state index is 13.7. The molecule has 1 atom stereocenters. The number of rotatable bonds is 16. The molecule has 2 heterocycles. The van der Waals surface area contributed by atoms with E-state index in [1.807, 2.05) is 18.5 Å². The molecule has 1 N–H and O–H groups in total. The summed E-state index contributed by atoms with van der Waals surface area (Å²) in [5.74, 6) is 0.659. The number of Topliss-reactive ketones (excluding diaryl/α,β-unsaturated/α-hetero) is 1. The minimum absolute atomic E-state index is 0.0259. The zero-order valence-corrected chi connectivity index (χ0v) is 26.7. The number of nitrogens with one attached hydrogen (secondary N) is 1. The van der Waals surface area contributed by atoms with Crippen LogP contribution in [0.25, 0.3) is 11.4 Å². The number of benzene rings is 1. The van der Waals surface area contributed by atoms with E-state index in [-0.39, 0.29) is 29.5 Å². The summed E-state index contributed by atoms with van der Waals surface area (Å²) in [6.07, 6.45) is 4.51. The van der Waals surface area contributed by atoms with Crippen molar-refractivity contribution in [3.8, 4) is 11.4 Å². The van der Waals surface area contributed by atoms with Crippen molar-refractivity contribution in [3.05, 3.63) is 40.4 Å². The van der Waals surface area contributed by atoms with Crippen molar-refractivity contribution in [2.75, 3.05) is 26.7 Å². The van der Waals surface area contributed by atoms with Crippen molar-refractivity contribution in [2.45, 2.75) is 83.9 Å². The summed E-state index contributed by atoms with van der Waals surface area (Å²) < 4.78 is 22.5. The number of carbonyl (C=O) groups is 2. The minimum atomic E-state index is -1.24. The molecule has 3 rings (SSSR count). The standard InChI is InChI=1S/C29H44BrFN4O3Si/c1-6-24(36)10-8-7-9-11-25(32-29(37)22-18-34(2)19-22)26-27(30)35(20-38-16-17-39(3,4)5)28(33-26)21-12-14-23(31)15-13-21/h12-15,22,25H,6-11,16-20H2,1-5H3,(H,32,37)/t25-/m0/s1. The molecule has 2 aromatic rings. The highest BCUT2D eigenvalue weighted by Gasteiger charge is 2.33. The molecular formula is C29H44BrFN4O3Si. The normalized spacial score (nSPS) is 15.3. The number of amides is 1. The average molecular weight is 624 g/mol. The van der Waals surface area contributed by atoms with Crippen LogP contribution in [0.2, 0.25) is 25.7 Å². The molecule has 7 nitrogen and oxygen atoms in total. The third kappa shape index (κ3) is 9.62. The van der Waals surface area contributed by atoms with Gasteiger partial charge in [-0.1, -0.05) is 39.4 Å². The number of halogens is 2. The van der Waals surface area contributed by atoms with E-state index in [1.165, 1.54) is 12.1 Å². The number of ketones is 1. The van der Waals surface area contributed by atoms with Gasteiger partial charge < -0.3 is 15.0 Å². The zero-order chi connectivity index (χ0) is 28.6. The third-order valence-corrected chi connectivity index (χ3v) is 9.71. The van der Waals surface area contributed by atoms with Gasteiger partial charge in [-0.15, -0.1) is 0 Å². The number of hydrogen-bond acceptors (Lipinski definition) is 5. The molecule has 0 saturated carbocycles. The summed E-state index contributed by atoms with van der Waals surface area (Å²) >= 11 is 3.78. The average Bonchev–Trinajstić information content (AvgIpc) is 3.19. The first-order chi connectivity index (χ1) is 18.5. The highest BCUT2D eigenvalue weighted by Crippen LogP contribution is 2.33. The second kappa shape index (κ2) is 14.7. The van der Waals surface area contributed by atoms with Crippen LogP contribution in [0.15, 0.2) is 28.9 Å². The fraction of sp³-hybridized carbons (Fsp3) is 0.621. The van der Waals surface area contributed by atoms with Gasteiger partial charge in [0, 0.05) is 46.2 Å². The molecule has 0 unspecified atom stereocenters. The molecule has 1 saturated heterocycles. The summed E-state index contributed by atoms with van der Waals surface area (Å²) in [6.45, 7) is 11.3. The Hall–Kier alpha value is -1.88. The number of ether oxygens (including phenoxy) is 1. The highest BCUT2D eigenvalue weighted by atomic mass is 79.9. The van der Waals surface area contributed by atoms with Gasteiger partial charge in [0.05, 0.1) is 17.7 Å². The Morgan fingerprint density at radius 3 is 2.49 bits per heavy atom. The number of unbranched alkanes of at least 4 members (excludes halogenated alkanes) is 2. The van der Waals surface area contributed by atoms with E-state index >= 15 is 0 Å². The zero-order valence-electron chi connectivity index (χ0n) is 24.1. The maximum Gasteiger partial charge on any atom is 0.226 e. The van der Waals surface area contributed by atoms with Gasteiger partial charge in [-0.25, -0.2) is 9.37 Å². The monoisotopic (exact) mass is 622 g/mol. The summed E-state index contributed by atoms with van der Waals surface area (Å²) in [7, 11) is 0.763. The Labute approximate surface area is 242 Å².